The number of carbonyl (C=O) groups is 3. The first-order valence-electron chi connectivity index (χ1n) is 20.4. The minimum Gasteiger partial charge on any atom is -0.497 e. The molecular weight excluding hydrogens is 803 g/mol. The van der Waals surface area contributed by atoms with Crippen molar-refractivity contribution in [2.45, 2.75) is 77.3 Å². The lowest BCUT2D eigenvalue weighted by Crippen LogP contribution is -2.43. The molecule has 14 nitrogen and oxygen atoms in total. The monoisotopic (exact) mass is 863 g/mol. The minimum absolute atomic E-state index is 0.0298. The number of hydrogen-bond acceptors (Lipinski definition) is 12. The minimum atomic E-state index is -0.481. The number of nitrogens with two attached hydrogens (primary N) is 1. The number of carbonyl (C=O) groups excluding carboxylic acids is 3. The summed E-state index contributed by atoms with van der Waals surface area (Å²) in [6.07, 6.45) is 4.38. The normalized spacial score (nSPS) is 16.7. The van der Waals surface area contributed by atoms with Crippen LogP contribution >= 0.6 is 23.3 Å². The summed E-state index contributed by atoms with van der Waals surface area (Å²) in [6.45, 7) is 17.1. The standard InChI is InChI=1S/C24H34N4O5S.C16H17N3O2S.C4H10/c1-2-17-16-18(17)24(31)27-34-21-8-4-3-6-19(21)26-10-13-33-15-14-32-12-9-22(29)28-11-5-7-20(28)23(25)30;1-9(2)17-16-19-14(8-22-16)13-7-15(20)11-5-4-10(21-3)6-12(11)18-13;1-4(2)3/h2-4,6,8,17-18,20,26H,1,5,7,9-16H2,(H2,25,30)(H,27,31);4-9H,1-3H3,(H,17,19)(H,18,20);4H,1-3H3/t17-,18?,20?;;/m1../s1. The molecule has 1 aliphatic heterocycles. The van der Waals surface area contributed by atoms with Crippen molar-refractivity contribution in [2.24, 2.45) is 23.5 Å². The molecule has 0 radical (unpaired) electrons. The Kier molecular flexibility index (Phi) is 19.4. The molecular formula is C44H61N7O7S2. The molecule has 0 bridgehead atoms. The Labute approximate surface area is 361 Å². The molecule has 3 amide bonds. The Bertz CT molecular complexity index is 2070. The molecule has 4 aromatic rings. The molecule has 1 saturated heterocycles. The average molecular weight is 864 g/mol. The first-order valence-corrected chi connectivity index (χ1v) is 22.1. The number of nitrogens with one attached hydrogen (secondary N) is 4. The van der Waals surface area contributed by atoms with Crippen LogP contribution < -0.4 is 31.3 Å². The zero-order chi connectivity index (χ0) is 43.6. The lowest BCUT2D eigenvalue weighted by Gasteiger charge is -2.22. The van der Waals surface area contributed by atoms with Crippen LogP contribution in [0.25, 0.3) is 22.3 Å². The van der Waals surface area contributed by atoms with Gasteiger partial charge in [-0.2, -0.15) is 0 Å². The first kappa shape index (κ1) is 47.8. The number of rotatable bonds is 19. The summed E-state index contributed by atoms with van der Waals surface area (Å²) in [4.78, 5) is 58.3. The number of likely N-dealkylation sites (tertiary alicyclic amines) is 1. The van der Waals surface area contributed by atoms with Crippen molar-refractivity contribution in [1.82, 2.24) is 19.6 Å². The van der Waals surface area contributed by atoms with Crippen molar-refractivity contribution in [1.29, 1.82) is 0 Å². The highest BCUT2D eigenvalue weighted by atomic mass is 32.2. The number of fused-ring (bicyclic) bond motifs is 1. The summed E-state index contributed by atoms with van der Waals surface area (Å²) < 4.78 is 19.2. The highest BCUT2D eigenvalue weighted by Gasteiger charge is 2.40. The predicted molar refractivity (Wildman–Crippen MR) is 242 cm³/mol. The smallest absolute Gasteiger partial charge is 0.240 e. The molecule has 1 saturated carbocycles. The number of thiazole rings is 1. The van der Waals surface area contributed by atoms with E-state index in [1.54, 1.807) is 30.2 Å². The topological polar surface area (TPSA) is 190 Å². The number of methoxy groups -OCH3 is 1. The van der Waals surface area contributed by atoms with Gasteiger partial charge in [0.1, 0.15) is 11.8 Å². The van der Waals surface area contributed by atoms with E-state index < -0.39 is 11.9 Å². The van der Waals surface area contributed by atoms with Gasteiger partial charge in [0, 0.05) is 53.6 Å². The lowest BCUT2D eigenvalue weighted by molar-refractivity contribution is -0.138. The first-order chi connectivity index (χ1) is 28.8. The Hall–Kier alpha value is -4.90. The zero-order valence-electron chi connectivity index (χ0n) is 35.6. The molecule has 3 atom stereocenters. The second-order valence-corrected chi connectivity index (χ2v) is 17.1. The van der Waals surface area contributed by atoms with Gasteiger partial charge in [0.05, 0.1) is 61.8 Å². The van der Waals surface area contributed by atoms with Gasteiger partial charge in [-0.05, 0) is 81.2 Å². The average Bonchev–Trinajstić information content (AvgIpc) is 3.58. The summed E-state index contributed by atoms with van der Waals surface area (Å²) in [5.41, 5.74) is 8.46. The van der Waals surface area contributed by atoms with Crippen molar-refractivity contribution in [2.75, 3.05) is 57.3 Å². The van der Waals surface area contributed by atoms with Crippen molar-refractivity contribution < 1.29 is 28.6 Å². The zero-order valence-corrected chi connectivity index (χ0v) is 37.2. The van der Waals surface area contributed by atoms with E-state index in [-0.39, 0.29) is 36.2 Å². The Morgan fingerprint density at radius 3 is 2.48 bits per heavy atom. The van der Waals surface area contributed by atoms with E-state index in [0.717, 1.165) is 45.7 Å². The largest absolute Gasteiger partial charge is 0.497 e. The summed E-state index contributed by atoms with van der Waals surface area (Å²) >= 11 is 2.84. The Morgan fingerprint density at radius 2 is 1.80 bits per heavy atom. The van der Waals surface area contributed by atoms with Crippen LogP contribution in [0.3, 0.4) is 0 Å². The molecule has 16 heteroatoms. The molecule has 0 spiro atoms. The van der Waals surface area contributed by atoms with Gasteiger partial charge in [-0.15, -0.1) is 17.9 Å². The van der Waals surface area contributed by atoms with Crippen LogP contribution in [0.5, 0.6) is 5.75 Å². The van der Waals surface area contributed by atoms with Crippen molar-refractivity contribution in [3.8, 4) is 17.1 Å². The molecule has 326 valence electrons. The van der Waals surface area contributed by atoms with E-state index in [9.17, 15) is 19.2 Å². The molecule has 2 aromatic heterocycles. The number of aromatic nitrogens is 2. The summed E-state index contributed by atoms with van der Waals surface area (Å²) in [5, 5.41) is 10.00. The van der Waals surface area contributed by atoms with E-state index in [1.165, 1.54) is 23.3 Å². The molecule has 60 heavy (non-hydrogen) atoms. The number of aromatic amines is 1. The quantitative estimate of drug-likeness (QED) is 0.0368. The summed E-state index contributed by atoms with van der Waals surface area (Å²) in [6, 6.07) is 14.6. The maximum Gasteiger partial charge on any atom is 0.240 e. The highest BCUT2D eigenvalue weighted by Crippen LogP contribution is 2.40. The fraction of sp³-hybridized carbons (Fsp3) is 0.477. The van der Waals surface area contributed by atoms with E-state index >= 15 is 0 Å². The van der Waals surface area contributed by atoms with E-state index in [2.05, 4.69) is 66.5 Å². The second kappa shape index (κ2) is 24.4. The van der Waals surface area contributed by atoms with Gasteiger partial charge in [0.25, 0.3) is 0 Å². The Morgan fingerprint density at radius 1 is 1.07 bits per heavy atom. The van der Waals surface area contributed by atoms with Crippen molar-refractivity contribution >= 4 is 62.7 Å². The Balaban J connectivity index is 0.000000261. The van der Waals surface area contributed by atoms with Crippen LogP contribution in [0.4, 0.5) is 10.8 Å². The molecule has 3 heterocycles. The molecule has 2 aromatic carbocycles. The summed E-state index contributed by atoms with van der Waals surface area (Å²) in [5.74, 6) is 1.39. The third-order valence-corrected chi connectivity index (χ3v) is 10.8. The molecule has 1 aliphatic carbocycles. The van der Waals surface area contributed by atoms with Gasteiger partial charge >= 0.3 is 0 Å². The number of benzene rings is 2. The highest BCUT2D eigenvalue weighted by molar-refractivity contribution is 7.98. The summed E-state index contributed by atoms with van der Waals surface area (Å²) in [7, 11) is 1.60. The van der Waals surface area contributed by atoms with Crippen LogP contribution in [0.2, 0.25) is 0 Å². The molecule has 2 aliphatic rings. The van der Waals surface area contributed by atoms with Crippen molar-refractivity contribution in [3.05, 3.63) is 76.8 Å². The van der Waals surface area contributed by atoms with E-state index in [1.807, 2.05) is 41.8 Å². The number of ether oxygens (including phenoxy) is 3. The van der Waals surface area contributed by atoms with Gasteiger partial charge in [-0.25, -0.2) is 4.98 Å². The number of allylic oxidation sites excluding steroid dienone is 1. The third kappa shape index (κ3) is 15.3. The molecule has 6 N–H and O–H groups in total. The van der Waals surface area contributed by atoms with Crippen LogP contribution in [-0.4, -0.2) is 91.3 Å². The number of anilines is 2. The van der Waals surface area contributed by atoms with E-state index in [4.69, 9.17) is 19.9 Å². The predicted octanol–water partition coefficient (Wildman–Crippen LogP) is 7.09. The fourth-order valence-electron chi connectivity index (χ4n) is 6.11. The maximum atomic E-state index is 12.3. The lowest BCUT2D eigenvalue weighted by atomic mass is 10.1. The fourth-order valence-corrected chi connectivity index (χ4v) is 7.73. The van der Waals surface area contributed by atoms with Gasteiger partial charge < -0.3 is 40.5 Å². The number of nitrogens with zero attached hydrogens (tertiary/aromatic N) is 2. The van der Waals surface area contributed by atoms with Crippen molar-refractivity contribution in [3.63, 3.8) is 0 Å². The number of H-pyrrole nitrogens is 1. The van der Waals surface area contributed by atoms with Crippen LogP contribution in [0.15, 0.2) is 76.3 Å². The van der Waals surface area contributed by atoms with Crippen LogP contribution in [-0.2, 0) is 23.9 Å². The van der Waals surface area contributed by atoms with Gasteiger partial charge in [0.2, 0.25) is 17.7 Å². The SMILES string of the molecule is C=C[C@@H]1CC1C(=O)NSc1ccccc1NCCOCCOCCC(=O)N1CCCC1C(N)=O.CC(C)C.COc1ccc2c(=O)cc(-c3csc(NC(C)C)n3)[nH]c2c1. The van der Waals surface area contributed by atoms with Crippen LogP contribution in [0.1, 0.15) is 60.3 Å². The third-order valence-electron chi connectivity index (χ3n) is 9.15. The number of hydrogen-bond donors (Lipinski definition) is 5. The van der Waals surface area contributed by atoms with E-state index in [0.29, 0.717) is 68.1 Å². The van der Waals surface area contributed by atoms with Gasteiger partial charge in [-0.1, -0.05) is 39.0 Å². The number of amides is 3. The molecule has 2 fully saturated rings. The van der Waals surface area contributed by atoms with Gasteiger partial charge in [-0.3, -0.25) is 23.9 Å². The molecule has 6 rings (SSSR count). The number of para-hydroxylation sites is 1. The number of primary amides is 1. The van der Waals surface area contributed by atoms with Gasteiger partial charge in [0.15, 0.2) is 10.6 Å². The molecule has 2 unspecified atom stereocenters. The maximum absolute atomic E-state index is 12.3. The second-order valence-electron chi connectivity index (χ2n) is 15.4. The van der Waals surface area contributed by atoms with Crippen LogP contribution in [0, 0.1) is 17.8 Å². The number of pyridine rings is 1.